The van der Waals surface area contributed by atoms with Crippen LogP contribution in [0.5, 0.6) is 5.75 Å². The van der Waals surface area contributed by atoms with Crippen molar-refractivity contribution in [1.29, 1.82) is 0 Å². The van der Waals surface area contributed by atoms with Crippen LogP contribution in [0, 0.1) is 15.9 Å². The van der Waals surface area contributed by atoms with Crippen LogP contribution in [0.15, 0.2) is 18.2 Å². The summed E-state index contributed by atoms with van der Waals surface area (Å²) in [6.07, 6.45) is 0.552. The second kappa shape index (κ2) is 7.02. The molecule has 1 aliphatic heterocycles. The smallest absolute Gasteiger partial charge is 0.410 e. The fourth-order valence-corrected chi connectivity index (χ4v) is 2.41. The number of ether oxygens (including phenoxy) is 2. The first-order valence-corrected chi connectivity index (χ1v) is 7.74. The minimum atomic E-state index is -0.793. The van der Waals surface area contributed by atoms with E-state index < -0.39 is 22.4 Å². The zero-order valence-corrected chi connectivity index (χ0v) is 14.0. The maximum Gasteiger partial charge on any atom is 0.410 e. The van der Waals surface area contributed by atoms with Crippen LogP contribution in [0.1, 0.15) is 33.6 Å². The lowest BCUT2D eigenvalue weighted by Gasteiger charge is -2.34. The first-order valence-electron chi connectivity index (χ1n) is 7.74. The zero-order valence-electron chi connectivity index (χ0n) is 14.0. The van der Waals surface area contributed by atoms with E-state index in [-0.39, 0.29) is 24.1 Å². The second-order valence-corrected chi connectivity index (χ2v) is 6.68. The van der Waals surface area contributed by atoms with Crippen LogP contribution in [-0.4, -0.2) is 40.7 Å². The molecule has 2 rings (SSSR count). The van der Waals surface area contributed by atoms with Crippen LogP contribution in [-0.2, 0) is 4.74 Å². The van der Waals surface area contributed by atoms with E-state index in [1.54, 1.807) is 20.8 Å². The first-order chi connectivity index (χ1) is 11.2. The van der Waals surface area contributed by atoms with Crippen LogP contribution in [0.25, 0.3) is 0 Å². The lowest BCUT2D eigenvalue weighted by molar-refractivity contribution is -0.385. The van der Waals surface area contributed by atoms with Gasteiger partial charge >= 0.3 is 6.09 Å². The number of non-ortho nitro benzene ring substituents is 1. The molecule has 1 heterocycles. The summed E-state index contributed by atoms with van der Waals surface area (Å²) in [4.78, 5) is 23.6. The van der Waals surface area contributed by atoms with E-state index in [4.69, 9.17) is 9.47 Å². The number of piperidine rings is 1. The summed E-state index contributed by atoms with van der Waals surface area (Å²) >= 11 is 0. The van der Waals surface area contributed by atoms with E-state index >= 15 is 0 Å². The first kappa shape index (κ1) is 18.0. The van der Waals surface area contributed by atoms with E-state index in [1.807, 2.05) is 0 Å². The number of nitro benzene ring substituents is 1. The van der Waals surface area contributed by atoms with Crippen LogP contribution < -0.4 is 4.74 Å². The molecular weight excluding hydrogens is 319 g/mol. The van der Waals surface area contributed by atoms with Crippen molar-refractivity contribution in [2.24, 2.45) is 0 Å². The normalized spacial score (nSPS) is 18.2. The maximum atomic E-state index is 13.9. The maximum absolute atomic E-state index is 13.9. The number of carbonyl (C=O) groups is 1. The summed E-state index contributed by atoms with van der Waals surface area (Å²) in [5, 5.41) is 10.6. The molecule has 8 heteroatoms. The molecule has 0 saturated carbocycles. The van der Waals surface area contributed by atoms with Crippen molar-refractivity contribution in [1.82, 2.24) is 4.90 Å². The molecule has 7 nitrogen and oxygen atoms in total. The number of likely N-dealkylation sites (tertiary alicyclic amines) is 1. The van der Waals surface area contributed by atoms with Gasteiger partial charge < -0.3 is 14.4 Å². The van der Waals surface area contributed by atoms with Gasteiger partial charge in [0.25, 0.3) is 5.69 Å². The lowest BCUT2D eigenvalue weighted by Crippen LogP contribution is -2.46. The fourth-order valence-electron chi connectivity index (χ4n) is 2.41. The van der Waals surface area contributed by atoms with Gasteiger partial charge in [-0.3, -0.25) is 10.1 Å². The Morgan fingerprint density at radius 1 is 1.42 bits per heavy atom. The molecule has 0 aromatic heterocycles. The van der Waals surface area contributed by atoms with Gasteiger partial charge in [0.2, 0.25) is 0 Å². The fraction of sp³-hybridized carbons (Fsp3) is 0.562. The van der Waals surface area contributed by atoms with Crippen molar-refractivity contribution in [3.8, 4) is 5.75 Å². The van der Waals surface area contributed by atoms with E-state index in [0.29, 0.717) is 19.4 Å². The number of benzene rings is 1. The number of amides is 1. The van der Waals surface area contributed by atoms with Crippen LogP contribution >= 0.6 is 0 Å². The topological polar surface area (TPSA) is 81.9 Å². The van der Waals surface area contributed by atoms with E-state index in [1.165, 1.54) is 17.0 Å². The quantitative estimate of drug-likeness (QED) is 0.621. The molecule has 1 aromatic carbocycles. The molecule has 0 aliphatic carbocycles. The number of carbonyl (C=O) groups excluding carboxylic acids is 1. The Morgan fingerprint density at radius 2 is 2.12 bits per heavy atom. The molecule has 0 spiro atoms. The zero-order chi connectivity index (χ0) is 17.9. The molecule has 1 amide bonds. The highest BCUT2D eigenvalue weighted by Gasteiger charge is 2.29. The highest BCUT2D eigenvalue weighted by molar-refractivity contribution is 5.68. The van der Waals surface area contributed by atoms with Gasteiger partial charge in [-0.2, -0.15) is 0 Å². The van der Waals surface area contributed by atoms with E-state index in [9.17, 15) is 19.3 Å². The van der Waals surface area contributed by atoms with Crippen molar-refractivity contribution in [3.05, 3.63) is 34.1 Å². The van der Waals surface area contributed by atoms with Crippen LogP contribution in [0.4, 0.5) is 14.9 Å². The van der Waals surface area contributed by atoms with Gasteiger partial charge in [0, 0.05) is 12.6 Å². The van der Waals surface area contributed by atoms with Gasteiger partial charge in [-0.25, -0.2) is 9.18 Å². The molecule has 24 heavy (non-hydrogen) atoms. The average molecular weight is 340 g/mol. The Labute approximate surface area is 139 Å². The molecular formula is C16H21FN2O5. The van der Waals surface area contributed by atoms with Crippen LogP contribution in [0.3, 0.4) is 0 Å². The minimum Gasteiger partial charge on any atom is -0.485 e. The summed E-state index contributed by atoms with van der Waals surface area (Å²) in [5.41, 5.74) is -0.922. The Bertz CT molecular complexity index is 629. The third-order valence-electron chi connectivity index (χ3n) is 3.45. The molecule has 1 aromatic rings. The Balaban J connectivity index is 2.00. The van der Waals surface area contributed by atoms with Gasteiger partial charge in [0.05, 0.1) is 17.5 Å². The summed E-state index contributed by atoms with van der Waals surface area (Å²) in [5.74, 6) is -0.852. The Morgan fingerprint density at radius 3 is 2.71 bits per heavy atom. The molecule has 0 bridgehead atoms. The number of hydrogen-bond donors (Lipinski definition) is 0. The summed E-state index contributed by atoms with van der Waals surface area (Å²) < 4.78 is 24.8. The largest absolute Gasteiger partial charge is 0.485 e. The number of hydrogen-bond acceptors (Lipinski definition) is 5. The van der Waals surface area contributed by atoms with Gasteiger partial charge in [-0.15, -0.1) is 0 Å². The van der Waals surface area contributed by atoms with Crippen molar-refractivity contribution in [2.75, 3.05) is 13.1 Å². The third-order valence-corrected chi connectivity index (χ3v) is 3.45. The monoisotopic (exact) mass is 340 g/mol. The van der Waals surface area contributed by atoms with Crippen molar-refractivity contribution in [3.63, 3.8) is 0 Å². The molecule has 1 atom stereocenters. The number of rotatable bonds is 3. The van der Waals surface area contributed by atoms with Gasteiger partial charge in [0.1, 0.15) is 11.7 Å². The standard InChI is InChI=1S/C16H21FN2O5/c1-16(2,3)24-15(20)18-8-4-5-12(10-18)23-14-7-6-11(19(21)22)9-13(14)17/h6-7,9,12H,4-5,8,10H2,1-3H3. The molecule has 1 saturated heterocycles. The third kappa shape index (κ3) is 4.81. The predicted molar refractivity (Wildman–Crippen MR) is 84.5 cm³/mol. The number of nitro groups is 1. The molecule has 1 unspecified atom stereocenters. The Hall–Kier alpha value is -2.38. The number of halogens is 1. The highest BCUT2D eigenvalue weighted by atomic mass is 19.1. The van der Waals surface area contributed by atoms with Crippen molar-refractivity contribution < 1.29 is 23.6 Å². The molecule has 132 valence electrons. The lowest BCUT2D eigenvalue weighted by atomic mass is 10.1. The van der Waals surface area contributed by atoms with Gasteiger partial charge in [0.15, 0.2) is 11.6 Å². The van der Waals surface area contributed by atoms with Crippen molar-refractivity contribution in [2.45, 2.75) is 45.3 Å². The van der Waals surface area contributed by atoms with Crippen molar-refractivity contribution >= 4 is 11.8 Å². The molecule has 1 aliphatic rings. The molecule has 0 N–H and O–H groups in total. The summed E-state index contributed by atoms with van der Waals surface area (Å²) in [6.45, 7) is 6.20. The van der Waals surface area contributed by atoms with Crippen LogP contribution in [0.2, 0.25) is 0 Å². The average Bonchev–Trinajstić information content (AvgIpc) is 2.47. The second-order valence-electron chi connectivity index (χ2n) is 6.68. The summed E-state index contributed by atoms with van der Waals surface area (Å²) in [7, 11) is 0. The minimum absolute atomic E-state index is 0.0587. The summed E-state index contributed by atoms with van der Waals surface area (Å²) in [6, 6.07) is 3.25. The number of nitrogens with zero attached hydrogens (tertiary/aromatic N) is 2. The molecule has 0 radical (unpaired) electrons. The van der Waals surface area contributed by atoms with E-state index in [2.05, 4.69) is 0 Å². The predicted octanol–water partition coefficient (Wildman–Crippen LogP) is 3.51. The van der Waals surface area contributed by atoms with Gasteiger partial charge in [-0.1, -0.05) is 0 Å². The highest BCUT2D eigenvalue weighted by Crippen LogP contribution is 2.26. The molecule has 1 fully saturated rings. The van der Waals surface area contributed by atoms with E-state index in [0.717, 1.165) is 6.07 Å². The van der Waals surface area contributed by atoms with Gasteiger partial charge in [-0.05, 0) is 39.7 Å². The Kier molecular flexibility index (Phi) is 5.26. The SMILES string of the molecule is CC(C)(C)OC(=O)N1CCCC(Oc2ccc([N+](=O)[O-])cc2F)C1.